The van der Waals surface area contributed by atoms with Gasteiger partial charge in [-0.05, 0) is 63.2 Å². The SMILES string of the molecule is CC1CCC(N(C(=O)Nc2ncc(SCCC(=O)O)s2)C2CCC(C)CC2)CC1. The number of rotatable bonds is 7. The summed E-state index contributed by atoms with van der Waals surface area (Å²) < 4.78 is 0.936. The highest BCUT2D eigenvalue weighted by Crippen LogP contribution is 2.35. The molecule has 1 aromatic heterocycles. The average Bonchev–Trinajstić information content (AvgIpc) is 3.12. The summed E-state index contributed by atoms with van der Waals surface area (Å²) >= 11 is 2.90. The molecule has 0 atom stereocenters. The summed E-state index contributed by atoms with van der Waals surface area (Å²) in [6.45, 7) is 4.62. The normalized spacial score (nSPS) is 27.4. The Balaban J connectivity index is 1.63. The lowest BCUT2D eigenvalue weighted by molar-refractivity contribution is -0.136. The quantitative estimate of drug-likeness (QED) is 0.532. The van der Waals surface area contributed by atoms with Gasteiger partial charge >= 0.3 is 12.0 Å². The number of carbonyl (C=O) groups is 2. The maximum absolute atomic E-state index is 13.3. The first-order valence-electron chi connectivity index (χ1n) is 10.8. The Morgan fingerprint density at radius 1 is 1.10 bits per heavy atom. The van der Waals surface area contributed by atoms with E-state index in [4.69, 9.17) is 5.11 Å². The zero-order chi connectivity index (χ0) is 20.8. The number of hydrogen-bond donors (Lipinski definition) is 2. The molecular formula is C21H33N3O3S2. The zero-order valence-electron chi connectivity index (χ0n) is 17.4. The molecule has 6 nitrogen and oxygen atoms in total. The number of carbonyl (C=O) groups excluding carboxylic acids is 1. The molecule has 8 heteroatoms. The molecule has 0 spiro atoms. The number of amides is 2. The van der Waals surface area contributed by atoms with Crippen LogP contribution >= 0.6 is 23.1 Å². The van der Waals surface area contributed by atoms with Crippen LogP contribution in [0.15, 0.2) is 10.4 Å². The summed E-state index contributed by atoms with van der Waals surface area (Å²) in [5.74, 6) is 1.23. The van der Waals surface area contributed by atoms with Crippen LogP contribution < -0.4 is 5.32 Å². The minimum atomic E-state index is -0.796. The van der Waals surface area contributed by atoms with Crippen LogP contribution in [0.1, 0.15) is 71.6 Å². The van der Waals surface area contributed by atoms with Crippen molar-refractivity contribution in [2.45, 2.75) is 87.9 Å². The molecule has 1 heterocycles. The van der Waals surface area contributed by atoms with Crippen molar-refractivity contribution in [3.63, 3.8) is 0 Å². The van der Waals surface area contributed by atoms with Gasteiger partial charge in [0.2, 0.25) is 0 Å². The van der Waals surface area contributed by atoms with E-state index >= 15 is 0 Å². The smallest absolute Gasteiger partial charge is 0.324 e. The molecule has 0 radical (unpaired) electrons. The van der Waals surface area contributed by atoms with Gasteiger partial charge in [-0.2, -0.15) is 0 Å². The number of aliphatic carboxylic acids is 1. The van der Waals surface area contributed by atoms with Crippen LogP contribution in [0.2, 0.25) is 0 Å². The molecule has 0 saturated heterocycles. The Hall–Kier alpha value is -1.28. The Bertz CT molecular complexity index is 658. The number of carboxylic acids is 1. The lowest BCUT2D eigenvalue weighted by Crippen LogP contribution is -2.51. The van der Waals surface area contributed by atoms with Crippen LogP contribution in [0.4, 0.5) is 9.93 Å². The number of aromatic nitrogens is 1. The fourth-order valence-electron chi connectivity index (χ4n) is 4.45. The van der Waals surface area contributed by atoms with Crippen molar-refractivity contribution in [1.82, 2.24) is 9.88 Å². The number of thioether (sulfide) groups is 1. The third-order valence-corrected chi connectivity index (χ3v) is 8.36. The molecule has 1 aromatic rings. The molecule has 3 rings (SSSR count). The number of anilines is 1. The molecule has 0 aromatic carbocycles. The number of hydrogen-bond acceptors (Lipinski definition) is 5. The lowest BCUT2D eigenvalue weighted by atomic mass is 9.82. The van der Waals surface area contributed by atoms with Gasteiger partial charge in [0.15, 0.2) is 5.13 Å². The Morgan fingerprint density at radius 2 is 1.66 bits per heavy atom. The van der Waals surface area contributed by atoms with Crippen molar-refractivity contribution in [2.75, 3.05) is 11.1 Å². The molecule has 162 valence electrons. The Labute approximate surface area is 181 Å². The minimum absolute atomic E-state index is 0.0134. The number of urea groups is 1. The van der Waals surface area contributed by atoms with Crippen LogP contribution in [-0.4, -0.2) is 44.8 Å². The van der Waals surface area contributed by atoms with Crippen molar-refractivity contribution in [3.8, 4) is 0 Å². The average molecular weight is 440 g/mol. The number of carboxylic acid groups (broad SMARTS) is 1. The summed E-state index contributed by atoms with van der Waals surface area (Å²) in [6, 6.07) is 0.642. The summed E-state index contributed by atoms with van der Waals surface area (Å²) in [5, 5.41) is 12.4. The maximum atomic E-state index is 13.3. The monoisotopic (exact) mass is 439 g/mol. The number of nitrogens with one attached hydrogen (secondary N) is 1. The van der Waals surface area contributed by atoms with E-state index in [1.807, 2.05) is 0 Å². The van der Waals surface area contributed by atoms with Gasteiger partial charge in [0.1, 0.15) is 0 Å². The van der Waals surface area contributed by atoms with E-state index < -0.39 is 5.97 Å². The molecule has 0 aliphatic heterocycles. The lowest BCUT2D eigenvalue weighted by Gasteiger charge is -2.43. The third-order valence-electron chi connectivity index (χ3n) is 6.25. The minimum Gasteiger partial charge on any atom is -0.481 e. The van der Waals surface area contributed by atoms with E-state index in [-0.39, 0.29) is 12.5 Å². The third kappa shape index (κ3) is 6.60. The zero-order valence-corrected chi connectivity index (χ0v) is 19.1. The summed E-state index contributed by atoms with van der Waals surface area (Å²) in [5.41, 5.74) is 0. The van der Waals surface area contributed by atoms with Crippen molar-refractivity contribution >= 4 is 40.2 Å². The first-order chi connectivity index (χ1) is 13.9. The fraction of sp³-hybridized carbons (Fsp3) is 0.762. The van der Waals surface area contributed by atoms with Gasteiger partial charge in [0, 0.05) is 17.8 Å². The van der Waals surface area contributed by atoms with Crippen molar-refractivity contribution < 1.29 is 14.7 Å². The molecule has 2 saturated carbocycles. The molecule has 0 bridgehead atoms. The molecule has 29 heavy (non-hydrogen) atoms. The second kappa shape index (κ2) is 10.7. The van der Waals surface area contributed by atoms with E-state index in [1.54, 1.807) is 6.20 Å². The largest absolute Gasteiger partial charge is 0.481 e. The highest BCUT2D eigenvalue weighted by molar-refractivity contribution is 8.01. The fourth-order valence-corrected chi connectivity index (χ4v) is 6.32. The standard InChI is InChI=1S/C21H33N3O3S2/c1-14-3-7-16(8-4-14)24(17-9-5-15(2)6-10-17)21(27)23-20-22-13-19(29-20)28-12-11-18(25)26/h13-17H,3-12H2,1-2H3,(H,25,26)(H,22,23,27). The number of nitrogens with zero attached hydrogens (tertiary/aromatic N) is 2. The highest BCUT2D eigenvalue weighted by atomic mass is 32.2. The molecule has 0 unspecified atom stereocenters. The van der Waals surface area contributed by atoms with E-state index in [9.17, 15) is 9.59 Å². The summed E-state index contributed by atoms with van der Waals surface area (Å²) in [7, 11) is 0. The molecule has 2 aliphatic carbocycles. The summed E-state index contributed by atoms with van der Waals surface area (Å²) in [6.07, 6.45) is 11.0. The van der Waals surface area contributed by atoms with E-state index in [2.05, 4.69) is 29.0 Å². The topological polar surface area (TPSA) is 82.5 Å². The van der Waals surface area contributed by atoms with Gasteiger partial charge in [-0.3, -0.25) is 10.1 Å². The van der Waals surface area contributed by atoms with Crippen LogP contribution in [0.25, 0.3) is 0 Å². The van der Waals surface area contributed by atoms with Gasteiger partial charge < -0.3 is 10.0 Å². The van der Waals surface area contributed by atoms with Gasteiger partial charge in [-0.1, -0.05) is 25.2 Å². The van der Waals surface area contributed by atoms with Crippen LogP contribution in [-0.2, 0) is 4.79 Å². The van der Waals surface area contributed by atoms with Crippen LogP contribution in [0.3, 0.4) is 0 Å². The second-order valence-corrected chi connectivity index (χ2v) is 11.1. The van der Waals surface area contributed by atoms with Gasteiger partial charge in [-0.15, -0.1) is 11.8 Å². The van der Waals surface area contributed by atoms with Crippen molar-refractivity contribution in [2.24, 2.45) is 11.8 Å². The van der Waals surface area contributed by atoms with Crippen LogP contribution in [0.5, 0.6) is 0 Å². The van der Waals surface area contributed by atoms with Crippen molar-refractivity contribution in [1.29, 1.82) is 0 Å². The molecule has 2 fully saturated rings. The van der Waals surface area contributed by atoms with Gasteiger partial charge in [0.05, 0.1) is 16.8 Å². The predicted molar refractivity (Wildman–Crippen MR) is 119 cm³/mol. The Morgan fingerprint density at radius 3 is 2.17 bits per heavy atom. The first kappa shape index (κ1) is 22.4. The van der Waals surface area contributed by atoms with Crippen LogP contribution in [0, 0.1) is 11.8 Å². The molecule has 2 aliphatic rings. The van der Waals surface area contributed by atoms with Crippen molar-refractivity contribution in [3.05, 3.63) is 6.20 Å². The molecule has 2 amide bonds. The second-order valence-electron chi connectivity index (χ2n) is 8.64. The summed E-state index contributed by atoms with van der Waals surface area (Å²) in [4.78, 5) is 30.4. The molecule has 2 N–H and O–H groups in total. The highest BCUT2D eigenvalue weighted by Gasteiger charge is 2.34. The van der Waals surface area contributed by atoms with E-state index in [0.717, 1.165) is 41.7 Å². The first-order valence-corrected chi connectivity index (χ1v) is 12.6. The maximum Gasteiger partial charge on any atom is 0.324 e. The predicted octanol–water partition coefficient (Wildman–Crippen LogP) is 5.70. The van der Waals surface area contributed by atoms with Gasteiger partial charge in [0.25, 0.3) is 0 Å². The number of thiazole rings is 1. The Kier molecular flexibility index (Phi) is 8.24. The van der Waals surface area contributed by atoms with E-state index in [0.29, 0.717) is 23.0 Å². The molecular weight excluding hydrogens is 406 g/mol. The van der Waals surface area contributed by atoms with Gasteiger partial charge in [-0.25, -0.2) is 9.78 Å². The van der Waals surface area contributed by atoms with E-state index in [1.165, 1.54) is 48.8 Å².